The van der Waals surface area contributed by atoms with Crippen molar-refractivity contribution in [1.82, 2.24) is 4.72 Å². The van der Waals surface area contributed by atoms with Gasteiger partial charge in [0.2, 0.25) is 0 Å². The lowest BCUT2D eigenvalue weighted by Gasteiger charge is -2.37. The van der Waals surface area contributed by atoms with Crippen molar-refractivity contribution in [2.75, 3.05) is 13.7 Å². The molecule has 0 aliphatic carbocycles. The SMILES string of the molecule is COc1ccc([C@@H]2O[C@@H]3[C@@H]4OC[C@@H](O4)[C@H]4OS(=O)(=O)N[C@@]34O2)cc1. The van der Waals surface area contributed by atoms with Crippen LogP contribution in [0.15, 0.2) is 24.3 Å². The number of rotatable bonds is 2. The summed E-state index contributed by atoms with van der Waals surface area (Å²) in [7, 11) is -2.37. The van der Waals surface area contributed by atoms with Crippen LogP contribution >= 0.6 is 0 Å². The molecule has 0 radical (unpaired) electrons. The number of methoxy groups -OCH3 is 1. The zero-order valence-electron chi connectivity index (χ0n) is 12.6. The first-order valence-electron chi connectivity index (χ1n) is 7.47. The molecule has 1 spiro atoms. The third kappa shape index (κ3) is 1.99. The molecule has 4 aliphatic rings. The molecule has 1 aromatic carbocycles. The monoisotopic (exact) mass is 357 g/mol. The Hall–Kier alpha value is -1.27. The van der Waals surface area contributed by atoms with Gasteiger partial charge in [0.05, 0.1) is 13.7 Å². The van der Waals surface area contributed by atoms with E-state index >= 15 is 0 Å². The zero-order valence-corrected chi connectivity index (χ0v) is 13.4. The molecule has 1 N–H and O–H groups in total. The summed E-state index contributed by atoms with van der Waals surface area (Å²) in [5, 5.41) is 0. The second-order valence-electron chi connectivity index (χ2n) is 6.02. The van der Waals surface area contributed by atoms with Crippen LogP contribution in [-0.2, 0) is 33.4 Å². The number of hydrogen-bond donors (Lipinski definition) is 1. The summed E-state index contributed by atoms with van der Waals surface area (Å²) >= 11 is 0. The average molecular weight is 357 g/mol. The standard InChI is InChI=1S/C14H15NO8S/c1-18-8-4-2-7(3-5-8)12-21-11-13-19-6-9(20-13)10-14(11,22-12)15-24(16,17)23-10/h2-5,9-13,15H,6H2,1H3/t9-,10-,11-,12-,13-,14+/m1/s1. The van der Waals surface area contributed by atoms with Gasteiger partial charge in [-0.15, -0.1) is 0 Å². The molecule has 5 rings (SSSR count). The number of nitrogens with one attached hydrogen (secondary N) is 1. The lowest BCUT2D eigenvalue weighted by atomic mass is 9.95. The minimum atomic E-state index is -3.94. The molecule has 4 heterocycles. The highest BCUT2D eigenvalue weighted by Crippen LogP contribution is 2.51. The summed E-state index contributed by atoms with van der Waals surface area (Å²) < 4.78 is 59.8. The Labute approximate surface area is 138 Å². The first kappa shape index (κ1) is 15.0. The van der Waals surface area contributed by atoms with E-state index in [0.717, 1.165) is 5.56 Å². The minimum absolute atomic E-state index is 0.227. The van der Waals surface area contributed by atoms with Crippen LogP contribution in [0.4, 0.5) is 0 Å². The van der Waals surface area contributed by atoms with Crippen LogP contribution in [0.5, 0.6) is 5.75 Å². The van der Waals surface area contributed by atoms with Gasteiger partial charge >= 0.3 is 10.3 Å². The van der Waals surface area contributed by atoms with Crippen LogP contribution < -0.4 is 9.46 Å². The normalized spacial score (nSPS) is 45.0. The second-order valence-corrected chi connectivity index (χ2v) is 7.33. The quantitative estimate of drug-likeness (QED) is 0.776. The molecule has 2 bridgehead atoms. The second kappa shape index (κ2) is 4.88. The van der Waals surface area contributed by atoms with Crippen molar-refractivity contribution in [3.8, 4) is 5.75 Å². The van der Waals surface area contributed by atoms with Crippen molar-refractivity contribution in [3.05, 3.63) is 29.8 Å². The molecule has 4 aliphatic heterocycles. The van der Waals surface area contributed by atoms with E-state index in [9.17, 15) is 8.42 Å². The summed E-state index contributed by atoms with van der Waals surface area (Å²) in [5.74, 6) is 0.695. The number of ether oxygens (including phenoxy) is 5. The Morgan fingerprint density at radius 3 is 2.75 bits per heavy atom. The van der Waals surface area contributed by atoms with Crippen molar-refractivity contribution in [3.63, 3.8) is 0 Å². The van der Waals surface area contributed by atoms with Gasteiger partial charge in [0, 0.05) is 5.56 Å². The fourth-order valence-electron chi connectivity index (χ4n) is 3.57. The van der Waals surface area contributed by atoms with Crippen molar-refractivity contribution in [1.29, 1.82) is 0 Å². The Kier molecular flexibility index (Phi) is 3.06. The van der Waals surface area contributed by atoms with Gasteiger partial charge in [-0.25, -0.2) is 4.18 Å². The van der Waals surface area contributed by atoms with Gasteiger partial charge in [-0.3, -0.25) is 0 Å². The molecule has 1 aromatic rings. The van der Waals surface area contributed by atoms with Crippen molar-refractivity contribution < 1.29 is 36.3 Å². The summed E-state index contributed by atoms with van der Waals surface area (Å²) in [4.78, 5) is 0. The van der Waals surface area contributed by atoms with E-state index in [2.05, 4.69) is 4.72 Å². The summed E-state index contributed by atoms with van der Waals surface area (Å²) in [6.45, 7) is 0.227. The van der Waals surface area contributed by atoms with E-state index < -0.39 is 46.9 Å². The largest absolute Gasteiger partial charge is 0.497 e. The maximum Gasteiger partial charge on any atom is 0.338 e. The predicted molar refractivity (Wildman–Crippen MR) is 76.0 cm³/mol. The van der Waals surface area contributed by atoms with E-state index in [1.807, 2.05) is 0 Å². The van der Waals surface area contributed by atoms with E-state index in [1.54, 1.807) is 31.4 Å². The van der Waals surface area contributed by atoms with Crippen LogP contribution in [0, 0.1) is 0 Å². The van der Waals surface area contributed by atoms with Crippen LogP contribution in [0.3, 0.4) is 0 Å². The molecule has 0 unspecified atom stereocenters. The molecule has 0 amide bonds. The fraction of sp³-hybridized carbons (Fsp3) is 0.571. The first-order chi connectivity index (χ1) is 11.5. The molecular weight excluding hydrogens is 342 g/mol. The molecule has 6 atom stereocenters. The molecule has 0 aromatic heterocycles. The van der Waals surface area contributed by atoms with Gasteiger partial charge in [-0.1, -0.05) is 12.1 Å². The lowest BCUT2D eigenvalue weighted by molar-refractivity contribution is -0.217. The van der Waals surface area contributed by atoms with Gasteiger partial charge < -0.3 is 23.7 Å². The minimum Gasteiger partial charge on any atom is -0.497 e. The molecular formula is C14H15NO8S. The Morgan fingerprint density at radius 1 is 1.21 bits per heavy atom. The van der Waals surface area contributed by atoms with Gasteiger partial charge in [0.1, 0.15) is 11.9 Å². The first-order valence-corrected chi connectivity index (χ1v) is 8.88. The van der Waals surface area contributed by atoms with Crippen LogP contribution in [-0.4, -0.2) is 52.5 Å². The molecule has 4 fully saturated rings. The molecule has 0 saturated carbocycles. The maximum absolute atomic E-state index is 12.0. The lowest BCUT2D eigenvalue weighted by Crippen LogP contribution is -2.65. The third-order valence-electron chi connectivity index (χ3n) is 4.64. The predicted octanol–water partition coefficient (Wildman–Crippen LogP) is -0.206. The average Bonchev–Trinajstić information content (AvgIpc) is 3.22. The van der Waals surface area contributed by atoms with E-state index in [0.29, 0.717) is 5.75 Å². The molecule has 9 nitrogen and oxygen atoms in total. The molecule has 130 valence electrons. The highest BCUT2D eigenvalue weighted by molar-refractivity contribution is 7.85. The fourth-order valence-corrected chi connectivity index (χ4v) is 4.83. The molecule has 10 heteroatoms. The molecule has 24 heavy (non-hydrogen) atoms. The van der Waals surface area contributed by atoms with Crippen LogP contribution in [0.25, 0.3) is 0 Å². The third-order valence-corrected chi connectivity index (χ3v) is 5.67. The van der Waals surface area contributed by atoms with Gasteiger partial charge in [-0.2, -0.15) is 13.1 Å². The summed E-state index contributed by atoms with van der Waals surface area (Å²) in [5.41, 5.74) is -0.631. The smallest absolute Gasteiger partial charge is 0.338 e. The Morgan fingerprint density at radius 2 is 2.00 bits per heavy atom. The Bertz CT molecular complexity index is 767. The molecule has 4 saturated heterocycles. The van der Waals surface area contributed by atoms with E-state index in [1.165, 1.54) is 0 Å². The topological polar surface area (TPSA) is 102 Å². The number of benzene rings is 1. The Balaban J connectivity index is 1.52. The summed E-state index contributed by atoms with van der Waals surface area (Å²) in [6.07, 6.45) is -3.66. The van der Waals surface area contributed by atoms with Crippen LogP contribution in [0.1, 0.15) is 11.9 Å². The van der Waals surface area contributed by atoms with Crippen molar-refractivity contribution >= 4 is 10.3 Å². The van der Waals surface area contributed by atoms with Crippen molar-refractivity contribution in [2.24, 2.45) is 0 Å². The summed E-state index contributed by atoms with van der Waals surface area (Å²) in [6, 6.07) is 7.12. The van der Waals surface area contributed by atoms with Gasteiger partial charge in [-0.05, 0) is 12.1 Å². The van der Waals surface area contributed by atoms with E-state index in [-0.39, 0.29) is 6.61 Å². The number of fused-ring (bicyclic) bond motifs is 4. The maximum atomic E-state index is 12.0. The van der Waals surface area contributed by atoms with Gasteiger partial charge in [0.15, 0.2) is 30.5 Å². The number of hydrogen-bond acceptors (Lipinski definition) is 8. The highest BCUT2D eigenvalue weighted by Gasteiger charge is 2.72. The van der Waals surface area contributed by atoms with Crippen LogP contribution in [0.2, 0.25) is 0 Å². The zero-order chi connectivity index (χ0) is 16.5. The highest BCUT2D eigenvalue weighted by atomic mass is 32.2. The van der Waals surface area contributed by atoms with Gasteiger partial charge in [0.25, 0.3) is 0 Å². The van der Waals surface area contributed by atoms with E-state index in [4.69, 9.17) is 27.9 Å². The van der Waals surface area contributed by atoms with Crippen molar-refractivity contribution in [2.45, 2.75) is 36.6 Å².